The van der Waals surface area contributed by atoms with Crippen molar-refractivity contribution in [1.29, 1.82) is 0 Å². The van der Waals surface area contributed by atoms with Crippen LogP contribution in [0, 0.1) is 10.1 Å². The van der Waals surface area contributed by atoms with Gasteiger partial charge in [-0.25, -0.2) is 0 Å². The number of hydrogen-bond donors (Lipinski definition) is 0. The molecular weight excluding hydrogens is 281 g/mol. The van der Waals surface area contributed by atoms with Crippen molar-refractivity contribution in [2.75, 3.05) is 7.11 Å². The zero-order valence-corrected chi connectivity index (χ0v) is 9.58. The van der Waals surface area contributed by atoms with E-state index in [1.54, 1.807) is 0 Å². The summed E-state index contributed by atoms with van der Waals surface area (Å²) in [5.74, 6) is -2.65. The van der Waals surface area contributed by atoms with E-state index in [1.165, 1.54) is 0 Å². The maximum atomic E-state index is 12.2. The number of aromatic nitrogens is 1. The van der Waals surface area contributed by atoms with Gasteiger partial charge in [0.2, 0.25) is 5.75 Å². The second-order valence-electron chi connectivity index (χ2n) is 2.90. The monoisotopic (exact) mass is 286 g/mol. The van der Waals surface area contributed by atoms with Crippen LogP contribution < -0.4 is 9.47 Å². The van der Waals surface area contributed by atoms with E-state index in [9.17, 15) is 23.3 Å². The Morgan fingerprint density at radius 1 is 1.56 bits per heavy atom. The molecule has 0 amide bonds. The van der Waals surface area contributed by atoms with Crippen LogP contribution >= 0.6 is 11.6 Å². The van der Waals surface area contributed by atoms with Crippen LogP contribution in [0.5, 0.6) is 11.5 Å². The molecule has 6 nitrogen and oxygen atoms in total. The number of rotatable bonds is 4. The highest BCUT2D eigenvalue weighted by Gasteiger charge is 2.36. The predicted molar refractivity (Wildman–Crippen MR) is 53.7 cm³/mol. The van der Waals surface area contributed by atoms with Crippen molar-refractivity contribution in [3.05, 3.63) is 21.9 Å². The standard InChI is InChI=1S/C8H6ClF3N2O4/c1-17-5-3-13-7(14(15)16)4(2-9)6(5)18-8(10,11)12/h3H,2H2,1H3. The summed E-state index contributed by atoms with van der Waals surface area (Å²) in [5.41, 5.74) is -0.502. The van der Waals surface area contributed by atoms with E-state index in [0.29, 0.717) is 0 Å². The Balaban J connectivity index is 3.41. The van der Waals surface area contributed by atoms with Gasteiger partial charge in [-0.3, -0.25) is 0 Å². The van der Waals surface area contributed by atoms with Gasteiger partial charge >= 0.3 is 12.2 Å². The lowest BCUT2D eigenvalue weighted by Gasteiger charge is -2.14. The fraction of sp³-hybridized carbons (Fsp3) is 0.375. The van der Waals surface area contributed by atoms with Crippen LogP contribution in [0.3, 0.4) is 0 Å². The van der Waals surface area contributed by atoms with Gasteiger partial charge in [-0.1, -0.05) is 0 Å². The fourth-order valence-corrected chi connectivity index (χ4v) is 1.40. The van der Waals surface area contributed by atoms with Gasteiger partial charge < -0.3 is 19.6 Å². The van der Waals surface area contributed by atoms with Crippen LogP contribution in [0.4, 0.5) is 19.0 Å². The molecule has 0 spiro atoms. The minimum Gasteiger partial charge on any atom is -0.490 e. The fourth-order valence-electron chi connectivity index (χ4n) is 1.16. The average molecular weight is 287 g/mol. The first-order valence-corrected chi connectivity index (χ1v) is 4.85. The lowest BCUT2D eigenvalue weighted by atomic mass is 10.2. The van der Waals surface area contributed by atoms with Crippen molar-refractivity contribution in [2.24, 2.45) is 0 Å². The number of methoxy groups -OCH3 is 1. The van der Waals surface area contributed by atoms with Crippen LogP contribution in [0.1, 0.15) is 5.56 Å². The zero-order valence-electron chi connectivity index (χ0n) is 8.82. The molecule has 0 fully saturated rings. The molecule has 0 aliphatic rings. The number of pyridine rings is 1. The molecule has 0 saturated carbocycles. The smallest absolute Gasteiger partial charge is 0.490 e. The normalized spacial score (nSPS) is 11.2. The molecule has 0 saturated heterocycles. The van der Waals surface area contributed by atoms with E-state index in [0.717, 1.165) is 13.3 Å². The summed E-state index contributed by atoms with van der Waals surface area (Å²) in [4.78, 5) is 13.0. The summed E-state index contributed by atoms with van der Waals surface area (Å²) < 4.78 is 44.9. The molecular formula is C8H6ClF3N2O4. The molecule has 0 N–H and O–H groups in total. The first-order valence-electron chi connectivity index (χ1n) is 4.32. The summed E-state index contributed by atoms with van der Waals surface area (Å²) >= 11 is 5.39. The number of hydrogen-bond acceptors (Lipinski definition) is 5. The molecule has 0 unspecified atom stereocenters. The Kier molecular flexibility index (Phi) is 4.17. The van der Waals surface area contributed by atoms with Crippen LogP contribution in [0.2, 0.25) is 0 Å². The van der Waals surface area contributed by atoms with Gasteiger partial charge in [-0.05, 0) is 9.91 Å². The molecule has 10 heteroatoms. The predicted octanol–water partition coefficient (Wildman–Crippen LogP) is 2.64. The second kappa shape index (κ2) is 5.25. The number of alkyl halides is 4. The Morgan fingerprint density at radius 3 is 2.56 bits per heavy atom. The Hall–Kier alpha value is -1.77. The molecule has 18 heavy (non-hydrogen) atoms. The van der Waals surface area contributed by atoms with E-state index < -0.39 is 40.0 Å². The topological polar surface area (TPSA) is 74.5 Å². The lowest BCUT2D eigenvalue weighted by molar-refractivity contribution is -0.390. The molecule has 0 atom stereocenters. The summed E-state index contributed by atoms with van der Waals surface area (Å²) in [7, 11) is 1.07. The van der Waals surface area contributed by atoms with Crippen LogP contribution in [-0.4, -0.2) is 23.4 Å². The first kappa shape index (κ1) is 14.3. The second-order valence-corrected chi connectivity index (χ2v) is 3.16. The summed E-state index contributed by atoms with van der Waals surface area (Å²) in [6.07, 6.45) is -4.27. The third kappa shape index (κ3) is 3.13. The summed E-state index contributed by atoms with van der Waals surface area (Å²) in [5, 5.41) is 10.6. The number of nitro groups is 1. The van der Waals surface area contributed by atoms with E-state index in [2.05, 4.69) is 14.5 Å². The van der Waals surface area contributed by atoms with Gasteiger partial charge in [0, 0.05) is 0 Å². The molecule has 1 aromatic rings. The van der Waals surface area contributed by atoms with Crippen molar-refractivity contribution >= 4 is 17.4 Å². The quantitative estimate of drug-likeness (QED) is 0.483. The maximum absolute atomic E-state index is 12.2. The maximum Gasteiger partial charge on any atom is 0.573 e. The number of halogens is 4. The SMILES string of the molecule is COc1cnc([N+](=O)[O-])c(CCl)c1OC(F)(F)F. The molecule has 0 aromatic carbocycles. The Morgan fingerprint density at radius 2 is 2.17 bits per heavy atom. The molecule has 1 heterocycles. The Labute approximate surface area is 103 Å². The lowest BCUT2D eigenvalue weighted by Crippen LogP contribution is -2.19. The van der Waals surface area contributed by atoms with Gasteiger partial charge in [0.25, 0.3) is 0 Å². The van der Waals surface area contributed by atoms with Gasteiger partial charge in [0.15, 0.2) is 11.9 Å². The molecule has 0 aliphatic carbocycles. The van der Waals surface area contributed by atoms with Crippen LogP contribution in [0.25, 0.3) is 0 Å². The van der Waals surface area contributed by atoms with Gasteiger partial charge in [0.05, 0.1) is 13.0 Å². The van der Waals surface area contributed by atoms with Crippen molar-refractivity contribution in [3.63, 3.8) is 0 Å². The van der Waals surface area contributed by atoms with Gasteiger partial charge in [-0.15, -0.1) is 24.8 Å². The van der Waals surface area contributed by atoms with E-state index in [1.807, 2.05) is 0 Å². The van der Waals surface area contributed by atoms with Crippen molar-refractivity contribution in [3.8, 4) is 11.5 Å². The van der Waals surface area contributed by atoms with Crippen LogP contribution in [0.15, 0.2) is 6.20 Å². The van der Waals surface area contributed by atoms with Crippen LogP contribution in [-0.2, 0) is 5.88 Å². The summed E-state index contributed by atoms with van der Waals surface area (Å²) in [6.45, 7) is 0. The molecule has 0 radical (unpaired) electrons. The van der Waals surface area contributed by atoms with Gasteiger partial charge in [0.1, 0.15) is 5.56 Å². The number of nitrogens with zero attached hydrogens (tertiary/aromatic N) is 2. The molecule has 0 bridgehead atoms. The molecule has 1 rings (SSSR count). The average Bonchev–Trinajstić information content (AvgIpc) is 2.26. The molecule has 0 aliphatic heterocycles. The number of ether oxygens (including phenoxy) is 2. The minimum atomic E-state index is -5.02. The van der Waals surface area contributed by atoms with Crippen molar-refractivity contribution in [1.82, 2.24) is 4.98 Å². The summed E-state index contributed by atoms with van der Waals surface area (Å²) in [6, 6.07) is 0. The minimum absolute atomic E-state index is 0.395. The highest BCUT2D eigenvalue weighted by Crippen LogP contribution is 2.39. The van der Waals surface area contributed by atoms with Crippen molar-refractivity contribution < 1.29 is 27.6 Å². The Bertz CT molecular complexity index is 466. The van der Waals surface area contributed by atoms with E-state index >= 15 is 0 Å². The zero-order chi connectivity index (χ0) is 13.9. The largest absolute Gasteiger partial charge is 0.573 e. The van der Waals surface area contributed by atoms with E-state index in [4.69, 9.17) is 11.6 Å². The molecule has 1 aromatic heterocycles. The molecule has 100 valence electrons. The van der Waals surface area contributed by atoms with E-state index in [-0.39, 0.29) is 0 Å². The third-order valence-electron chi connectivity index (χ3n) is 1.82. The highest BCUT2D eigenvalue weighted by molar-refractivity contribution is 6.17. The first-order chi connectivity index (χ1) is 8.30. The highest BCUT2D eigenvalue weighted by atomic mass is 35.5. The third-order valence-corrected chi connectivity index (χ3v) is 2.08. The van der Waals surface area contributed by atoms with Gasteiger partial charge in [-0.2, -0.15) is 0 Å². The van der Waals surface area contributed by atoms with Crippen molar-refractivity contribution in [2.45, 2.75) is 12.2 Å².